The molecule has 8 nitrogen and oxygen atoms in total. The Hall–Kier alpha value is -3.88. The van der Waals surface area contributed by atoms with Gasteiger partial charge in [-0.1, -0.05) is 42.5 Å². The smallest absolute Gasteiger partial charge is 0.238 e. The van der Waals surface area contributed by atoms with Crippen molar-refractivity contribution in [3.8, 4) is 11.5 Å². The van der Waals surface area contributed by atoms with Crippen molar-refractivity contribution >= 4 is 22.6 Å². The number of benzene rings is 3. The Kier molecular flexibility index (Phi) is 7.67. The van der Waals surface area contributed by atoms with Gasteiger partial charge in [-0.15, -0.1) is 0 Å². The molecule has 1 amide bonds. The Morgan fingerprint density at radius 3 is 2.35 bits per heavy atom. The van der Waals surface area contributed by atoms with Gasteiger partial charge in [-0.25, -0.2) is 4.98 Å². The number of nitrogens with one attached hydrogen (secondary N) is 1. The predicted octanol–water partition coefficient (Wildman–Crippen LogP) is 3.86. The summed E-state index contributed by atoms with van der Waals surface area (Å²) in [5, 5.41) is 2.97. The fourth-order valence-corrected chi connectivity index (χ4v) is 4.80. The first-order chi connectivity index (χ1) is 18.1. The average molecular weight is 500 g/mol. The molecule has 0 spiro atoms. The maximum atomic E-state index is 12.8. The SMILES string of the molecule is COc1ccc(OC)c(NC(=O)CN2CCN(Cc3nc4ccccc4n3Cc3ccccc3)CC2)c1. The summed E-state index contributed by atoms with van der Waals surface area (Å²) in [5.41, 5.74) is 4.06. The van der Waals surface area contributed by atoms with Crippen molar-refractivity contribution in [3.05, 3.63) is 84.2 Å². The number of methoxy groups -OCH3 is 2. The largest absolute Gasteiger partial charge is 0.497 e. The number of ether oxygens (including phenoxy) is 2. The molecule has 1 saturated heterocycles. The molecule has 0 atom stereocenters. The van der Waals surface area contributed by atoms with Crippen LogP contribution in [0.2, 0.25) is 0 Å². The van der Waals surface area contributed by atoms with Crippen LogP contribution in [0.5, 0.6) is 11.5 Å². The van der Waals surface area contributed by atoms with Crippen molar-refractivity contribution in [2.75, 3.05) is 52.3 Å². The van der Waals surface area contributed by atoms with E-state index in [4.69, 9.17) is 14.5 Å². The van der Waals surface area contributed by atoms with E-state index in [0.717, 1.165) is 56.1 Å². The second-order valence-corrected chi connectivity index (χ2v) is 9.26. The Morgan fingerprint density at radius 2 is 1.59 bits per heavy atom. The van der Waals surface area contributed by atoms with Crippen LogP contribution in [0.4, 0.5) is 5.69 Å². The van der Waals surface area contributed by atoms with E-state index >= 15 is 0 Å². The van der Waals surface area contributed by atoms with Crippen LogP contribution in [-0.4, -0.2) is 72.2 Å². The van der Waals surface area contributed by atoms with Crippen molar-refractivity contribution in [1.82, 2.24) is 19.4 Å². The summed E-state index contributed by atoms with van der Waals surface area (Å²) in [5.74, 6) is 2.28. The maximum absolute atomic E-state index is 12.8. The Labute approximate surface area is 217 Å². The van der Waals surface area contributed by atoms with Crippen LogP contribution in [-0.2, 0) is 17.9 Å². The third kappa shape index (κ3) is 5.93. The van der Waals surface area contributed by atoms with Gasteiger partial charge in [-0.05, 0) is 29.8 Å². The van der Waals surface area contributed by atoms with Crippen LogP contribution in [0, 0.1) is 0 Å². The van der Waals surface area contributed by atoms with E-state index in [1.807, 2.05) is 18.2 Å². The van der Waals surface area contributed by atoms with Gasteiger partial charge in [0, 0.05) is 38.8 Å². The standard InChI is InChI=1S/C29H33N5O3/c1-36-23-12-13-27(37-2)25(18-23)31-29(35)21-33-16-14-32(15-17-33)20-28-30-24-10-6-7-11-26(24)34(28)19-22-8-4-3-5-9-22/h3-13,18H,14-17,19-21H2,1-2H3,(H,31,35). The van der Waals surface area contributed by atoms with E-state index < -0.39 is 0 Å². The third-order valence-corrected chi connectivity index (χ3v) is 6.80. The minimum Gasteiger partial charge on any atom is -0.497 e. The lowest BCUT2D eigenvalue weighted by Gasteiger charge is -2.34. The first-order valence-corrected chi connectivity index (χ1v) is 12.6. The van der Waals surface area contributed by atoms with Gasteiger partial charge >= 0.3 is 0 Å². The molecule has 1 aliphatic rings. The highest BCUT2D eigenvalue weighted by atomic mass is 16.5. The second-order valence-electron chi connectivity index (χ2n) is 9.26. The number of imidazole rings is 1. The van der Waals surface area contributed by atoms with Crippen molar-refractivity contribution in [3.63, 3.8) is 0 Å². The Balaban J connectivity index is 1.20. The van der Waals surface area contributed by atoms with E-state index in [9.17, 15) is 4.79 Å². The van der Waals surface area contributed by atoms with Gasteiger partial charge in [0.25, 0.3) is 0 Å². The summed E-state index contributed by atoms with van der Waals surface area (Å²) in [6.07, 6.45) is 0. The topological polar surface area (TPSA) is 71.9 Å². The monoisotopic (exact) mass is 499 g/mol. The first-order valence-electron chi connectivity index (χ1n) is 12.6. The molecule has 1 N–H and O–H groups in total. The average Bonchev–Trinajstić information content (AvgIpc) is 3.26. The van der Waals surface area contributed by atoms with E-state index in [2.05, 4.69) is 62.1 Å². The van der Waals surface area contributed by atoms with Crippen LogP contribution in [0.15, 0.2) is 72.8 Å². The number of carbonyl (C=O) groups is 1. The molecule has 5 rings (SSSR count). The van der Waals surface area contributed by atoms with Gasteiger partial charge in [-0.3, -0.25) is 14.6 Å². The molecule has 2 heterocycles. The van der Waals surface area contributed by atoms with Gasteiger partial charge in [-0.2, -0.15) is 0 Å². The highest BCUT2D eigenvalue weighted by Gasteiger charge is 2.22. The Morgan fingerprint density at radius 1 is 0.865 bits per heavy atom. The number of aromatic nitrogens is 2. The number of carbonyl (C=O) groups excluding carboxylic acids is 1. The molecule has 0 aliphatic carbocycles. The summed E-state index contributed by atoms with van der Waals surface area (Å²) in [4.78, 5) is 22.3. The van der Waals surface area contributed by atoms with Crippen molar-refractivity contribution in [1.29, 1.82) is 0 Å². The Bertz CT molecular complexity index is 1350. The summed E-state index contributed by atoms with van der Waals surface area (Å²) >= 11 is 0. The van der Waals surface area contributed by atoms with Crippen molar-refractivity contribution in [2.45, 2.75) is 13.1 Å². The first kappa shape index (κ1) is 24.8. The van der Waals surface area contributed by atoms with E-state index in [0.29, 0.717) is 23.7 Å². The zero-order valence-electron chi connectivity index (χ0n) is 21.4. The highest BCUT2D eigenvalue weighted by molar-refractivity contribution is 5.94. The number of amides is 1. The van der Waals surface area contributed by atoms with E-state index in [-0.39, 0.29) is 5.91 Å². The van der Waals surface area contributed by atoms with Crippen LogP contribution in [0.3, 0.4) is 0 Å². The molecule has 0 bridgehead atoms. The number of piperazine rings is 1. The molecule has 37 heavy (non-hydrogen) atoms. The molecule has 0 radical (unpaired) electrons. The molecule has 0 unspecified atom stereocenters. The molecular formula is C29H33N5O3. The lowest BCUT2D eigenvalue weighted by molar-refractivity contribution is -0.117. The van der Waals surface area contributed by atoms with Crippen LogP contribution in [0.25, 0.3) is 11.0 Å². The number of nitrogens with zero attached hydrogens (tertiary/aromatic N) is 4. The fourth-order valence-electron chi connectivity index (χ4n) is 4.80. The van der Waals surface area contributed by atoms with Gasteiger partial charge in [0.15, 0.2) is 0 Å². The van der Waals surface area contributed by atoms with Crippen LogP contribution >= 0.6 is 0 Å². The maximum Gasteiger partial charge on any atom is 0.238 e. The van der Waals surface area contributed by atoms with Crippen LogP contribution in [0.1, 0.15) is 11.4 Å². The molecule has 1 aliphatic heterocycles. The predicted molar refractivity (Wildman–Crippen MR) is 145 cm³/mol. The number of rotatable bonds is 9. The van der Waals surface area contributed by atoms with Gasteiger partial charge in [0.2, 0.25) is 5.91 Å². The zero-order valence-corrected chi connectivity index (χ0v) is 21.4. The molecule has 192 valence electrons. The van der Waals surface area contributed by atoms with Crippen molar-refractivity contribution in [2.24, 2.45) is 0 Å². The number of para-hydroxylation sites is 2. The summed E-state index contributed by atoms with van der Waals surface area (Å²) in [6.45, 7) is 5.31. The molecule has 4 aromatic rings. The number of fused-ring (bicyclic) bond motifs is 1. The van der Waals surface area contributed by atoms with E-state index in [1.54, 1.807) is 26.4 Å². The van der Waals surface area contributed by atoms with Gasteiger partial charge in [0.1, 0.15) is 17.3 Å². The van der Waals surface area contributed by atoms with Crippen molar-refractivity contribution < 1.29 is 14.3 Å². The summed E-state index contributed by atoms with van der Waals surface area (Å²) in [7, 11) is 3.19. The normalized spacial score (nSPS) is 14.5. The molecule has 3 aromatic carbocycles. The minimum atomic E-state index is -0.0651. The molecule has 0 saturated carbocycles. The van der Waals surface area contributed by atoms with E-state index in [1.165, 1.54) is 5.56 Å². The van der Waals surface area contributed by atoms with Crippen LogP contribution < -0.4 is 14.8 Å². The number of hydrogen-bond acceptors (Lipinski definition) is 6. The summed E-state index contributed by atoms with van der Waals surface area (Å²) in [6, 6.07) is 24.2. The number of anilines is 1. The lowest BCUT2D eigenvalue weighted by Crippen LogP contribution is -2.48. The second kappa shape index (κ2) is 11.5. The van der Waals surface area contributed by atoms with Gasteiger partial charge in [0.05, 0.1) is 44.0 Å². The van der Waals surface area contributed by atoms with Gasteiger partial charge < -0.3 is 19.4 Å². The fraction of sp³-hybridized carbons (Fsp3) is 0.310. The highest BCUT2D eigenvalue weighted by Crippen LogP contribution is 2.29. The molecule has 1 fully saturated rings. The molecular weight excluding hydrogens is 466 g/mol. The molecule has 1 aromatic heterocycles. The lowest BCUT2D eigenvalue weighted by atomic mass is 10.2. The zero-order chi connectivity index (χ0) is 25.6. The third-order valence-electron chi connectivity index (χ3n) is 6.80. The summed E-state index contributed by atoms with van der Waals surface area (Å²) < 4.78 is 13.0. The minimum absolute atomic E-state index is 0.0651. The molecule has 8 heteroatoms. The number of hydrogen-bond donors (Lipinski definition) is 1. The quantitative estimate of drug-likeness (QED) is 0.377.